The van der Waals surface area contributed by atoms with E-state index in [4.69, 9.17) is 0 Å². The lowest BCUT2D eigenvalue weighted by molar-refractivity contribution is -0.141. The summed E-state index contributed by atoms with van der Waals surface area (Å²) in [5, 5.41) is 4.70. The van der Waals surface area contributed by atoms with E-state index in [1.54, 1.807) is 11.8 Å². The number of carbonyl (C=O) groups excluding carboxylic acids is 3. The van der Waals surface area contributed by atoms with Gasteiger partial charge in [-0.15, -0.1) is 0 Å². The van der Waals surface area contributed by atoms with E-state index in [1.807, 2.05) is 70.2 Å². The Balaban J connectivity index is 1.94. The first kappa shape index (κ1) is 19.9. The van der Waals surface area contributed by atoms with Gasteiger partial charge in [-0.3, -0.25) is 14.5 Å². The fraction of sp³-hybridized carbons (Fsp3) is 0.409. The molecule has 1 fully saturated rings. The number of hydrogen-bond donors (Lipinski definition) is 1. The molecule has 1 aliphatic rings. The van der Waals surface area contributed by atoms with Crippen molar-refractivity contribution in [2.75, 3.05) is 6.54 Å². The Kier molecular flexibility index (Phi) is 5.15. The monoisotopic (exact) mass is 381 g/mol. The van der Waals surface area contributed by atoms with Crippen molar-refractivity contribution in [3.63, 3.8) is 0 Å². The normalized spacial score (nSPS) is 19.6. The van der Waals surface area contributed by atoms with Crippen molar-refractivity contribution in [3.05, 3.63) is 48.0 Å². The van der Waals surface area contributed by atoms with Crippen LogP contribution in [0.2, 0.25) is 0 Å². The molecular formula is C22H27N3O3. The van der Waals surface area contributed by atoms with E-state index in [1.165, 1.54) is 0 Å². The number of fused-ring (bicyclic) bond motifs is 1. The highest BCUT2D eigenvalue weighted by atomic mass is 16.2. The number of benzene rings is 2. The molecule has 1 atom stereocenters. The first-order chi connectivity index (χ1) is 13.2. The van der Waals surface area contributed by atoms with Crippen LogP contribution in [0.4, 0.5) is 4.79 Å². The first-order valence-corrected chi connectivity index (χ1v) is 9.60. The second-order valence-corrected chi connectivity index (χ2v) is 7.96. The Hall–Kier alpha value is -2.89. The van der Waals surface area contributed by atoms with Crippen LogP contribution in [0.25, 0.3) is 10.8 Å². The highest BCUT2D eigenvalue weighted by Crippen LogP contribution is 2.33. The van der Waals surface area contributed by atoms with Crippen molar-refractivity contribution in [3.8, 4) is 0 Å². The highest BCUT2D eigenvalue weighted by molar-refractivity contribution is 6.10. The average molecular weight is 381 g/mol. The number of carbonyl (C=O) groups is 3. The number of nitrogens with one attached hydrogen (secondary N) is 1. The van der Waals surface area contributed by atoms with Crippen molar-refractivity contribution in [2.24, 2.45) is 0 Å². The van der Waals surface area contributed by atoms with E-state index in [0.717, 1.165) is 21.2 Å². The van der Waals surface area contributed by atoms with Gasteiger partial charge in [-0.2, -0.15) is 0 Å². The van der Waals surface area contributed by atoms with Crippen LogP contribution < -0.4 is 5.32 Å². The fourth-order valence-electron chi connectivity index (χ4n) is 4.07. The molecule has 3 rings (SSSR count). The molecule has 1 heterocycles. The molecule has 28 heavy (non-hydrogen) atoms. The molecule has 0 saturated carbocycles. The lowest BCUT2D eigenvalue weighted by Gasteiger charge is -2.32. The Morgan fingerprint density at radius 2 is 1.64 bits per heavy atom. The Morgan fingerprint density at radius 1 is 1.04 bits per heavy atom. The van der Waals surface area contributed by atoms with Crippen LogP contribution in [-0.4, -0.2) is 46.3 Å². The molecule has 0 unspecified atom stereocenters. The topological polar surface area (TPSA) is 69.7 Å². The van der Waals surface area contributed by atoms with Gasteiger partial charge in [-0.25, -0.2) is 4.79 Å². The van der Waals surface area contributed by atoms with Gasteiger partial charge in [-0.1, -0.05) is 42.5 Å². The van der Waals surface area contributed by atoms with Gasteiger partial charge in [0, 0.05) is 12.1 Å². The molecule has 0 bridgehead atoms. The highest BCUT2D eigenvalue weighted by Gasteiger charge is 2.50. The third-order valence-corrected chi connectivity index (χ3v) is 5.30. The van der Waals surface area contributed by atoms with Crippen molar-refractivity contribution in [1.29, 1.82) is 0 Å². The molecule has 0 radical (unpaired) electrons. The number of hydrogen-bond acceptors (Lipinski definition) is 3. The van der Waals surface area contributed by atoms with Gasteiger partial charge in [0.05, 0.1) is 0 Å². The van der Waals surface area contributed by atoms with Crippen LogP contribution in [0.3, 0.4) is 0 Å². The minimum absolute atomic E-state index is 0.0160. The summed E-state index contributed by atoms with van der Waals surface area (Å²) in [6.07, 6.45) is 0. The molecule has 4 amide bonds. The average Bonchev–Trinajstić information content (AvgIpc) is 2.84. The number of amides is 4. The van der Waals surface area contributed by atoms with Gasteiger partial charge in [0.2, 0.25) is 5.91 Å². The number of imide groups is 1. The zero-order valence-corrected chi connectivity index (χ0v) is 17.0. The van der Waals surface area contributed by atoms with Gasteiger partial charge in [0.1, 0.15) is 12.1 Å². The van der Waals surface area contributed by atoms with Gasteiger partial charge in [0.15, 0.2) is 0 Å². The van der Waals surface area contributed by atoms with E-state index < -0.39 is 17.5 Å². The fourth-order valence-corrected chi connectivity index (χ4v) is 4.07. The summed E-state index contributed by atoms with van der Waals surface area (Å²) in [5.74, 6) is -0.648. The SMILES string of the molecule is CC(C)N(C(=O)CN1C(=O)N[C@](C)(c2cccc3ccccc23)C1=O)C(C)C. The molecule has 6 nitrogen and oxygen atoms in total. The van der Waals surface area contributed by atoms with Gasteiger partial charge in [-0.05, 0) is 51.0 Å². The van der Waals surface area contributed by atoms with Crippen LogP contribution in [0, 0.1) is 0 Å². The predicted octanol–water partition coefficient (Wildman–Crippen LogP) is 3.25. The summed E-state index contributed by atoms with van der Waals surface area (Å²) >= 11 is 0. The molecule has 1 aliphatic heterocycles. The second-order valence-electron chi connectivity index (χ2n) is 7.96. The first-order valence-electron chi connectivity index (χ1n) is 9.60. The molecule has 0 spiro atoms. The zero-order chi connectivity index (χ0) is 20.6. The molecule has 1 N–H and O–H groups in total. The summed E-state index contributed by atoms with van der Waals surface area (Å²) in [6.45, 7) is 9.12. The van der Waals surface area contributed by atoms with Crippen molar-refractivity contribution >= 4 is 28.6 Å². The van der Waals surface area contributed by atoms with E-state index in [2.05, 4.69) is 5.32 Å². The van der Waals surface area contributed by atoms with Crippen molar-refractivity contribution < 1.29 is 14.4 Å². The van der Waals surface area contributed by atoms with Crippen LogP contribution in [0.1, 0.15) is 40.2 Å². The zero-order valence-electron chi connectivity index (χ0n) is 17.0. The van der Waals surface area contributed by atoms with Crippen molar-refractivity contribution in [2.45, 2.75) is 52.2 Å². The van der Waals surface area contributed by atoms with E-state index in [0.29, 0.717) is 0 Å². The molecular weight excluding hydrogens is 354 g/mol. The molecule has 148 valence electrons. The lowest BCUT2D eigenvalue weighted by atomic mass is 9.88. The van der Waals surface area contributed by atoms with Gasteiger partial charge in [0.25, 0.3) is 5.91 Å². The summed E-state index contributed by atoms with van der Waals surface area (Å²) in [5.41, 5.74) is -0.484. The summed E-state index contributed by atoms with van der Waals surface area (Å²) < 4.78 is 0. The molecule has 1 saturated heterocycles. The second kappa shape index (κ2) is 7.26. The van der Waals surface area contributed by atoms with Crippen LogP contribution in [0.15, 0.2) is 42.5 Å². The van der Waals surface area contributed by atoms with Crippen molar-refractivity contribution in [1.82, 2.24) is 15.1 Å². The summed E-state index contributed by atoms with van der Waals surface area (Å²) in [7, 11) is 0. The molecule has 0 aliphatic carbocycles. The third-order valence-electron chi connectivity index (χ3n) is 5.30. The Morgan fingerprint density at radius 3 is 2.29 bits per heavy atom. The van der Waals surface area contributed by atoms with Crippen LogP contribution >= 0.6 is 0 Å². The Bertz CT molecular complexity index is 924. The Labute approximate surface area is 165 Å². The molecule has 6 heteroatoms. The summed E-state index contributed by atoms with van der Waals surface area (Å²) in [6, 6.07) is 12.8. The van der Waals surface area contributed by atoms with E-state index in [9.17, 15) is 14.4 Å². The summed E-state index contributed by atoms with van der Waals surface area (Å²) in [4.78, 5) is 41.4. The number of nitrogens with zero attached hydrogens (tertiary/aromatic N) is 2. The van der Waals surface area contributed by atoms with Gasteiger partial charge < -0.3 is 10.2 Å². The quantitative estimate of drug-likeness (QED) is 0.809. The largest absolute Gasteiger partial charge is 0.336 e. The smallest absolute Gasteiger partial charge is 0.325 e. The molecule has 0 aromatic heterocycles. The molecule has 2 aromatic carbocycles. The minimum Gasteiger partial charge on any atom is -0.336 e. The predicted molar refractivity (Wildman–Crippen MR) is 109 cm³/mol. The minimum atomic E-state index is -1.21. The lowest BCUT2D eigenvalue weighted by Crippen LogP contribution is -2.49. The third kappa shape index (κ3) is 3.23. The maximum Gasteiger partial charge on any atom is 0.325 e. The van der Waals surface area contributed by atoms with E-state index >= 15 is 0 Å². The maximum absolute atomic E-state index is 13.3. The van der Waals surface area contributed by atoms with Gasteiger partial charge >= 0.3 is 6.03 Å². The van der Waals surface area contributed by atoms with Crippen LogP contribution in [-0.2, 0) is 15.1 Å². The van der Waals surface area contributed by atoms with Crippen LogP contribution in [0.5, 0.6) is 0 Å². The standard InChI is InChI=1S/C22H27N3O3/c1-14(2)25(15(3)4)19(26)13-24-20(27)22(5,23-21(24)28)18-12-8-10-16-9-6-7-11-17(16)18/h6-12,14-15H,13H2,1-5H3,(H,23,28)/t22-/m1/s1. The number of rotatable bonds is 5. The number of urea groups is 1. The maximum atomic E-state index is 13.3. The van der Waals surface area contributed by atoms with E-state index in [-0.39, 0.29) is 24.5 Å². The molecule has 2 aromatic rings.